The Balaban J connectivity index is 2.59. The van der Waals surface area contributed by atoms with E-state index in [-0.39, 0.29) is 6.42 Å². The van der Waals surface area contributed by atoms with Crippen molar-refractivity contribution in [3.63, 3.8) is 0 Å². The first-order valence-electron chi connectivity index (χ1n) is 5.82. The second-order valence-electron chi connectivity index (χ2n) is 4.56. The van der Waals surface area contributed by atoms with Crippen molar-refractivity contribution in [2.45, 2.75) is 27.2 Å². The van der Waals surface area contributed by atoms with E-state index in [2.05, 4.69) is 16.3 Å². The van der Waals surface area contributed by atoms with E-state index in [1.54, 1.807) is 0 Å². The van der Waals surface area contributed by atoms with Gasteiger partial charge in [0.05, 0.1) is 12.1 Å². The molecule has 18 heavy (non-hydrogen) atoms. The molecule has 0 amide bonds. The first kappa shape index (κ1) is 12.4. The minimum absolute atomic E-state index is 0.0624. The Kier molecular flexibility index (Phi) is 3.19. The SMILES string of the molecule is Cc1ccc(C)c(-c2c(CC(=O)O)n[nH]c2C)c1. The highest BCUT2D eigenvalue weighted by Gasteiger charge is 2.16. The molecule has 0 atom stereocenters. The molecular formula is C14H16N2O2. The third-order valence-corrected chi connectivity index (χ3v) is 3.00. The van der Waals surface area contributed by atoms with E-state index in [0.717, 1.165) is 27.9 Å². The molecule has 4 nitrogen and oxygen atoms in total. The van der Waals surface area contributed by atoms with E-state index < -0.39 is 5.97 Å². The van der Waals surface area contributed by atoms with Crippen LogP contribution in [0.25, 0.3) is 11.1 Å². The zero-order chi connectivity index (χ0) is 13.3. The quantitative estimate of drug-likeness (QED) is 0.872. The molecule has 1 heterocycles. The standard InChI is InChI=1S/C14H16N2O2/c1-8-4-5-9(2)11(6-8)14-10(3)15-16-12(14)7-13(17)18/h4-6H,7H2,1-3H3,(H,15,16)(H,17,18). The van der Waals surface area contributed by atoms with Crippen LogP contribution < -0.4 is 0 Å². The van der Waals surface area contributed by atoms with Gasteiger partial charge in [-0.15, -0.1) is 0 Å². The van der Waals surface area contributed by atoms with Crippen LogP contribution in [0.15, 0.2) is 18.2 Å². The number of hydrogen-bond donors (Lipinski definition) is 2. The molecule has 1 aromatic carbocycles. The Labute approximate surface area is 106 Å². The third kappa shape index (κ3) is 2.27. The van der Waals surface area contributed by atoms with Crippen LogP contribution in [0.4, 0.5) is 0 Å². The molecule has 0 bridgehead atoms. The lowest BCUT2D eigenvalue weighted by molar-refractivity contribution is -0.136. The van der Waals surface area contributed by atoms with Gasteiger partial charge < -0.3 is 5.11 Å². The molecule has 0 radical (unpaired) electrons. The summed E-state index contributed by atoms with van der Waals surface area (Å²) < 4.78 is 0. The first-order chi connectivity index (χ1) is 8.49. The highest BCUT2D eigenvalue weighted by atomic mass is 16.4. The minimum atomic E-state index is -0.868. The zero-order valence-corrected chi connectivity index (χ0v) is 10.7. The van der Waals surface area contributed by atoms with Crippen molar-refractivity contribution in [2.24, 2.45) is 0 Å². The molecule has 0 spiro atoms. The zero-order valence-electron chi connectivity index (χ0n) is 10.7. The smallest absolute Gasteiger partial charge is 0.309 e. The molecule has 2 rings (SSSR count). The number of carbonyl (C=O) groups is 1. The predicted octanol–water partition coefficient (Wildman–Crippen LogP) is 2.63. The Morgan fingerprint density at radius 2 is 2.06 bits per heavy atom. The summed E-state index contributed by atoms with van der Waals surface area (Å²) in [6.07, 6.45) is -0.0624. The predicted molar refractivity (Wildman–Crippen MR) is 69.6 cm³/mol. The van der Waals surface area contributed by atoms with Crippen LogP contribution in [-0.2, 0) is 11.2 Å². The lowest BCUT2D eigenvalue weighted by Gasteiger charge is -2.08. The molecule has 2 N–H and O–H groups in total. The number of carboxylic acids is 1. The number of aryl methyl sites for hydroxylation is 3. The maximum absolute atomic E-state index is 10.9. The number of aromatic amines is 1. The average Bonchev–Trinajstić information content (AvgIpc) is 2.63. The summed E-state index contributed by atoms with van der Waals surface area (Å²) in [5.41, 5.74) is 5.74. The summed E-state index contributed by atoms with van der Waals surface area (Å²) in [6.45, 7) is 5.95. The van der Waals surface area contributed by atoms with Crippen LogP contribution in [0.2, 0.25) is 0 Å². The van der Waals surface area contributed by atoms with E-state index in [4.69, 9.17) is 5.11 Å². The highest BCUT2D eigenvalue weighted by Crippen LogP contribution is 2.29. The Bertz CT molecular complexity index is 600. The van der Waals surface area contributed by atoms with Gasteiger partial charge in [0, 0.05) is 11.3 Å². The van der Waals surface area contributed by atoms with Crippen molar-refractivity contribution in [3.05, 3.63) is 40.7 Å². The Morgan fingerprint density at radius 3 is 2.72 bits per heavy atom. The van der Waals surface area contributed by atoms with Gasteiger partial charge in [-0.1, -0.05) is 23.8 Å². The molecule has 0 aliphatic heterocycles. The summed E-state index contributed by atoms with van der Waals surface area (Å²) in [6, 6.07) is 6.16. The molecule has 0 saturated carbocycles. The number of nitrogens with one attached hydrogen (secondary N) is 1. The van der Waals surface area contributed by atoms with Gasteiger partial charge in [-0.2, -0.15) is 5.10 Å². The number of carboxylic acid groups (broad SMARTS) is 1. The molecule has 4 heteroatoms. The van der Waals surface area contributed by atoms with E-state index in [9.17, 15) is 4.79 Å². The summed E-state index contributed by atoms with van der Waals surface area (Å²) in [4.78, 5) is 10.9. The molecule has 0 fully saturated rings. The lowest BCUT2D eigenvalue weighted by Crippen LogP contribution is -2.02. The summed E-state index contributed by atoms with van der Waals surface area (Å²) in [5.74, 6) is -0.868. The minimum Gasteiger partial charge on any atom is -0.481 e. The summed E-state index contributed by atoms with van der Waals surface area (Å²) in [7, 11) is 0. The summed E-state index contributed by atoms with van der Waals surface area (Å²) >= 11 is 0. The van der Waals surface area contributed by atoms with Gasteiger partial charge in [0.1, 0.15) is 0 Å². The van der Waals surface area contributed by atoms with Gasteiger partial charge in [-0.25, -0.2) is 0 Å². The fourth-order valence-electron chi connectivity index (χ4n) is 2.11. The van der Waals surface area contributed by atoms with Gasteiger partial charge >= 0.3 is 5.97 Å². The first-order valence-corrected chi connectivity index (χ1v) is 5.82. The van der Waals surface area contributed by atoms with Gasteiger partial charge in [0.25, 0.3) is 0 Å². The van der Waals surface area contributed by atoms with Crippen LogP contribution in [0.5, 0.6) is 0 Å². The molecule has 0 aliphatic carbocycles. The molecule has 0 saturated heterocycles. The largest absolute Gasteiger partial charge is 0.481 e. The molecule has 2 aromatic rings. The fourth-order valence-corrected chi connectivity index (χ4v) is 2.11. The molecule has 0 unspecified atom stereocenters. The fraction of sp³-hybridized carbons (Fsp3) is 0.286. The lowest BCUT2D eigenvalue weighted by atomic mass is 9.96. The number of aromatic nitrogens is 2. The molecule has 1 aromatic heterocycles. The van der Waals surface area contributed by atoms with Crippen molar-refractivity contribution in [1.82, 2.24) is 10.2 Å². The van der Waals surface area contributed by atoms with Crippen molar-refractivity contribution in [2.75, 3.05) is 0 Å². The number of hydrogen-bond acceptors (Lipinski definition) is 2. The Morgan fingerprint density at radius 1 is 1.33 bits per heavy atom. The second kappa shape index (κ2) is 4.64. The van der Waals surface area contributed by atoms with Crippen molar-refractivity contribution in [1.29, 1.82) is 0 Å². The van der Waals surface area contributed by atoms with E-state index in [0.29, 0.717) is 5.69 Å². The molecular weight excluding hydrogens is 228 g/mol. The third-order valence-electron chi connectivity index (χ3n) is 3.00. The van der Waals surface area contributed by atoms with Gasteiger partial charge in [0.2, 0.25) is 0 Å². The topological polar surface area (TPSA) is 66.0 Å². The van der Waals surface area contributed by atoms with Crippen molar-refractivity contribution < 1.29 is 9.90 Å². The van der Waals surface area contributed by atoms with Crippen molar-refractivity contribution >= 4 is 5.97 Å². The van der Waals surface area contributed by atoms with E-state index in [1.165, 1.54) is 0 Å². The second-order valence-corrected chi connectivity index (χ2v) is 4.56. The van der Waals surface area contributed by atoms with Gasteiger partial charge in [-0.3, -0.25) is 9.89 Å². The number of aliphatic carboxylic acids is 1. The van der Waals surface area contributed by atoms with Gasteiger partial charge in [0.15, 0.2) is 0 Å². The van der Waals surface area contributed by atoms with Crippen LogP contribution in [0.3, 0.4) is 0 Å². The molecule has 0 aliphatic rings. The molecule has 94 valence electrons. The number of rotatable bonds is 3. The van der Waals surface area contributed by atoms with Gasteiger partial charge in [-0.05, 0) is 31.9 Å². The Hall–Kier alpha value is -2.10. The summed E-state index contributed by atoms with van der Waals surface area (Å²) in [5, 5.41) is 15.9. The van der Waals surface area contributed by atoms with E-state index in [1.807, 2.05) is 32.9 Å². The van der Waals surface area contributed by atoms with Crippen LogP contribution in [-0.4, -0.2) is 21.3 Å². The number of benzene rings is 1. The normalized spacial score (nSPS) is 10.6. The average molecular weight is 244 g/mol. The van der Waals surface area contributed by atoms with Crippen molar-refractivity contribution in [3.8, 4) is 11.1 Å². The highest BCUT2D eigenvalue weighted by molar-refractivity contribution is 5.78. The van der Waals surface area contributed by atoms with Crippen LogP contribution >= 0.6 is 0 Å². The van der Waals surface area contributed by atoms with Crippen LogP contribution in [0.1, 0.15) is 22.5 Å². The number of nitrogens with zero attached hydrogens (tertiary/aromatic N) is 1. The maximum Gasteiger partial charge on any atom is 0.309 e. The van der Waals surface area contributed by atoms with Crippen LogP contribution in [0, 0.1) is 20.8 Å². The van der Waals surface area contributed by atoms with E-state index >= 15 is 0 Å². The monoisotopic (exact) mass is 244 g/mol. The number of H-pyrrole nitrogens is 1. The maximum atomic E-state index is 10.9.